The Bertz CT molecular complexity index is 636. The minimum Gasteiger partial charge on any atom is -0.337 e. The third-order valence-corrected chi connectivity index (χ3v) is 5.85. The summed E-state index contributed by atoms with van der Waals surface area (Å²) < 4.78 is 38.9. The third kappa shape index (κ3) is 6.44. The van der Waals surface area contributed by atoms with Crippen molar-refractivity contribution in [1.29, 1.82) is 0 Å². The Morgan fingerprint density at radius 2 is 1.91 bits per heavy atom. The summed E-state index contributed by atoms with van der Waals surface area (Å²) in [6.07, 6.45) is 0. The number of amides is 2. The van der Waals surface area contributed by atoms with Crippen LogP contribution in [0.3, 0.4) is 0 Å². The van der Waals surface area contributed by atoms with Crippen LogP contribution in [0, 0.1) is 5.82 Å². The Balaban J connectivity index is 2.38. The van der Waals surface area contributed by atoms with Crippen LogP contribution in [0.5, 0.6) is 0 Å². The van der Waals surface area contributed by atoms with Crippen molar-refractivity contribution < 1.29 is 17.6 Å². The normalized spacial score (nSPS) is 11.5. The number of benzene rings is 1. The highest BCUT2D eigenvalue weighted by Crippen LogP contribution is 2.16. The fraction of sp³-hybridized carbons (Fsp3) is 0.500. The molecule has 0 unspecified atom stereocenters. The summed E-state index contributed by atoms with van der Waals surface area (Å²) in [4.78, 5) is 11.6. The van der Waals surface area contributed by atoms with Gasteiger partial charge in [0.25, 0.3) is 0 Å². The standard InChI is InChI=1S/C14H21BrFN3O3S/c1-3-19(4-2)23(21,22)8-7-17-14(20)18-10-11-5-6-12(15)13(16)9-11/h5-6,9H,3-4,7-8,10H2,1-2H3,(H2,17,18,20). The molecule has 0 heterocycles. The maximum Gasteiger partial charge on any atom is 0.315 e. The van der Waals surface area contributed by atoms with Crippen molar-refractivity contribution >= 4 is 32.0 Å². The highest BCUT2D eigenvalue weighted by Gasteiger charge is 2.18. The number of halogens is 2. The quantitative estimate of drug-likeness (QED) is 0.689. The van der Waals surface area contributed by atoms with Crippen LogP contribution in [-0.4, -0.2) is 44.1 Å². The lowest BCUT2D eigenvalue weighted by Gasteiger charge is -2.18. The molecule has 0 saturated heterocycles. The maximum absolute atomic E-state index is 13.3. The predicted octanol–water partition coefficient (Wildman–Crippen LogP) is 2.06. The number of sulfonamides is 1. The zero-order valence-electron chi connectivity index (χ0n) is 13.1. The molecule has 0 radical (unpaired) electrons. The third-order valence-electron chi connectivity index (χ3n) is 3.18. The molecule has 1 aromatic carbocycles. The molecule has 0 atom stereocenters. The Hall–Kier alpha value is -1.19. The summed E-state index contributed by atoms with van der Waals surface area (Å²) in [7, 11) is -3.36. The molecule has 6 nitrogen and oxygen atoms in total. The molecule has 1 rings (SSSR count). The van der Waals surface area contributed by atoms with Gasteiger partial charge in [-0.3, -0.25) is 0 Å². The molecule has 0 aromatic heterocycles. The van der Waals surface area contributed by atoms with Gasteiger partial charge in [-0.05, 0) is 33.6 Å². The van der Waals surface area contributed by atoms with Gasteiger partial charge in [-0.2, -0.15) is 0 Å². The zero-order valence-corrected chi connectivity index (χ0v) is 15.5. The molecule has 23 heavy (non-hydrogen) atoms. The number of hydrogen-bond donors (Lipinski definition) is 2. The van der Waals surface area contributed by atoms with E-state index in [4.69, 9.17) is 0 Å². The Kier molecular flexibility index (Phi) is 7.93. The van der Waals surface area contributed by atoms with Crippen molar-refractivity contribution in [2.45, 2.75) is 20.4 Å². The second kappa shape index (κ2) is 9.19. The van der Waals surface area contributed by atoms with Crippen molar-refractivity contribution in [3.05, 3.63) is 34.1 Å². The van der Waals surface area contributed by atoms with Gasteiger partial charge in [0.2, 0.25) is 10.0 Å². The molecule has 0 aliphatic heterocycles. The smallest absolute Gasteiger partial charge is 0.315 e. The number of carbonyl (C=O) groups excluding carboxylic acids is 1. The topological polar surface area (TPSA) is 78.5 Å². The zero-order chi connectivity index (χ0) is 17.5. The van der Waals surface area contributed by atoms with Crippen LogP contribution < -0.4 is 10.6 Å². The van der Waals surface area contributed by atoms with E-state index in [1.165, 1.54) is 10.4 Å². The van der Waals surface area contributed by atoms with Gasteiger partial charge in [-0.1, -0.05) is 19.9 Å². The van der Waals surface area contributed by atoms with Crippen LogP contribution >= 0.6 is 15.9 Å². The summed E-state index contributed by atoms with van der Waals surface area (Å²) in [5, 5.41) is 5.03. The SMILES string of the molecule is CCN(CC)S(=O)(=O)CCNC(=O)NCc1ccc(Br)c(F)c1. The molecule has 0 fully saturated rings. The van der Waals surface area contributed by atoms with E-state index in [1.807, 2.05) is 0 Å². The van der Waals surface area contributed by atoms with Gasteiger partial charge in [0.15, 0.2) is 0 Å². The average molecular weight is 410 g/mol. The van der Waals surface area contributed by atoms with E-state index < -0.39 is 21.9 Å². The monoisotopic (exact) mass is 409 g/mol. The van der Waals surface area contributed by atoms with Crippen LogP contribution in [0.15, 0.2) is 22.7 Å². The van der Waals surface area contributed by atoms with Crippen LogP contribution in [0.25, 0.3) is 0 Å². The number of nitrogens with zero attached hydrogens (tertiary/aromatic N) is 1. The molecular formula is C14H21BrFN3O3S. The number of rotatable bonds is 8. The molecule has 0 saturated carbocycles. The molecule has 9 heteroatoms. The molecule has 130 valence electrons. The second-order valence-electron chi connectivity index (χ2n) is 4.76. The van der Waals surface area contributed by atoms with Crippen molar-refractivity contribution in [2.75, 3.05) is 25.4 Å². The van der Waals surface area contributed by atoms with Gasteiger partial charge in [0, 0.05) is 26.2 Å². The molecule has 0 aliphatic rings. The first-order chi connectivity index (χ1) is 10.8. The van der Waals surface area contributed by atoms with E-state index in [0.29, 0.717) is 23.1 Å². The maximum atomic E-state index is 13.3. The highest BCUT2D eigenvalue weighted by atomic mass is 79.9. The van der Waals surface area contributed by atoms with E-state index >= 15 is 0 Å². The van der Waals surface area contributed by atoms with Crippen LogP contribution in [-0.2, 0) is 16.6 Å². The summed E-state index contributed by atoms with van der Waals surface area (Å²) in [5.74, 6) is -0.565. The van der Waals surface area contributed by atoms with Crippen molar-refractivity contribution in [1.82, 2.24) is 14.9 Å². The van der Waals surface area contributed by atoms with Gasteiger partial charge >= 0.3 is 6.03 Å². The number of hydrogen-bond acceptors (Lipinski definition) is 3. The first-order valence-electron chi connectivity index (χ1n) is 7.23. The van der Waals surface area contributed by atoms with Gasteiger partial charge in [0.1, 0.15) is 5.82 Å². The summed E-state index contributed by atoms with van der Waals surface area (Å²) >= 11 is 3.05. The molecule has 0 aliphatic carbocycles. The van der Waals surface area contributed by atoms with Crippen molar-refractivity contribution in [3.8, 4) is 0 Å². The summed E-state index contributed by atoms with van der Waals surface area (Å²) in [6.45, 7) is 4.50. The summed E-state index contributed by atoms with van der Waals surface area (Å²) in [6, 6.07) is 4.05. The van der Waals surface area contributed by atoms with E-state index in [9.17, 15) is 17.6 Å². The highest BCUT2D eigenvalue weighted by molar-refractivity contribution is 9.10. The number of urea groups is 1. The average Bonchev–Trinajstić information content (AvgIpc) is 2.49. The van der Waals surface area contributed by atoms with E-state index in [0.717, 1.165) is 0 Å². The number of carbonyl (C=O) groups is 1. The van der Waals surface area contributed by atoms with Gasteiger partial charge < -0.3 is 10.6 Å². The summed E-state index contributed by atoms with van der Waals surface area (Å²) in [5.41, 5.74) is 0.608. The molecule has 2 amide bonds. The van der Waals surface area contributed by atoms with Crippen molar-refractivity contribution in [3.63, 3.8) is 0 Å². The molecule has 0 bridgehead atoms. The Morgan fingerprint density at radius 1 is 1.26 bits per heavy atom. The lowest BCUT2D eigenvalue weighted by atomic mass is 10.2. The largest absolute Gasteiger partial charge is 0.337 e. The first-order valence-corrected chi connectivity index (χ1v) is 9.63. The molecule has 2 N–H and O–H groups in total. The van der Waals surface area contributed by atoms with Crippen LogP contribution in [0.1, 0.15) is 19.4 Å². The first kappa shape index (κ1) is 19.9. The van der Waals surface area contributed by atoms with Crippen LogP contribution in [0.2, 0.25) is 0 Å². The van der Waals surface area contributed by atoms with Crippen LogP contribution in [0.4, 0.5) is 9.18 Å². The number of nitrogens with one attached hydrogen (secondary N) is 2. The minimum atomic E-state index is -3.36. The lowest BCUT2D eigenvalue weighted by Crippen LogP contribution is -2.40. The van der Waals surface area contributed by atoms with Crippen molar-refractivity contribution in [2.24, 2.45) is 0 Å². The Morgan fingerprint density at radius 3 is 2.48 bits per heavy atom. The minimum absolute atomic E-state index is 0.0133. The van der Waals surface area contributed by atoms with Gasteiger partial charge in [-0.25, -0.2) is 21.9 Å². The molecule has 1 aromatic rings. The Labute approximate surface area is 144 Å². The van der Waals surface area contributed by atoms with Gasteiger partial charge in [0.05, 0.1) is 10.2 Å². The lowest BCUT2D eigenvalue weighted by molar-refractivity contribution is 0.241. The molecule has 0 spiro atoms. The van der Waals surface area contributed by atoms with Gasteiger partial charge in [-0.15, -0.1) is 0 Å². The van der Waals surface area contributed by atoms with E-state index in [1.54, 1.807) is 26.0 Å². The van der Waals surface area contributed by atoms with E-state index in [2.05, 4.69) is 26.6 Å². The fourth-order valence-corrected chi connectivity index (χ4v) is 3.59. The predicted molar refractivity (Wildman–Crippen MR) is 91.0 cm³/mol. The second-order valence-corrected chi connectivity index (χ2v) is 7.70. The van der Waals surface area contributed by atoms with E-state index in [-0.39, 0.29) is 18.8 Å². The molecular weight excluding hydrogens is 389 g/mol. The fourth-order valence-electron chi connectivity index (χ4n) is 1.93.